The first kappa shape index (κ1) is 21.5. The number of aliphatic hydroxyl groups is 1. The quantitative estimate of drug-likeness (QED) is 0.456. The number of nitrogens with one attached hydrogen (secondary N) is 2. The molecule has 0 bridgehead atoms. The summed E-state index contributed by atoms with van der Waals surface area (Å²) < 4.78 is 1.57. The Kier molecular flexibility index (Phi) is 6.33. The van der Waals surface area contributed by atoms with Crippen molar-refractivity contribution in [2.45, 2.75) is 64.5 Å². The van der Waals surface area contributed by atoms with Gasteiger partial charge in [-0.05, 0) is 57.8 Å². The molecule has 1 fully saturated rings. The first-order valence-corrected chi connectivity index (χ1v) is 11.1. The Labute approximate surface area is 182 Å². The molecule has 1 aliphatic heterocycles. The molecule has 2 atom stereocenters. The molecule has 9 nitrogen and oxygen atoms in total. The van der Waals surface area contributed by atoms with Crippen LogP contribution in [-0.4, -0.2) is 48.8 Å². The van der Waals surface area contributed by atoms with Gasteiger partial charge in [-0.1, -0.05) is 13.3 Å². The number of hydrogen-bond acceptors (Lipinski definition) is 8. The molecule has 1 saturated heterocycles. The molecule has 9 heteroatoms. The number of pyridine rings is 1. The summed E-state index contributed by atoms with van der Waals surface area (Å²) in [4.78, 5) is 13.4. The van der Waals surface area contributed by atoms with Gasteiger partial charge >= 0.3 is 0 Å². The molecular weight excluding hydrogens is 392 g/mol. The zero-order valence-corrected chi connectivity index (χ0v) is 18.5. The van der Waals surface area contributed by atoms with Crippen molar-refractivity contribution < 1.29 is 5.11 Å². The van der Waals surface area contributed by atoms with Crippen LogP contribution in [0.1, 0.15) is 74.1 Å². The van der Waals surface area contributed by atoms with Crippen molar-refractivity contribution in [1.29, 1.82) is 0 Å². The molecule has 1 aliphatic rings. The van der Waals surface area contributed by atoms with Gasteiger partial charge in [0.2, 0.25) is 5.95 Å². The molecular formula is C22H32N8O. The maximum absolute atomic E-state index is 11.1. The molecule has 5 N–H and O–H groups in total. The fraction of sp³-hybridized carbons (Fsp3) is 0.545. The molecule has 0 amide bonds. The average molecular weight is 425 g/mol. The largest absolute Gasteiger partial charge is 0.382 e. The maximum atomic E-state index is 11.1. The lowest BCUT2D eigenvalue weighted by Crippen LogP contribution is -2.27. The van der Waals surface area contributed by atoms with Crippen LogP contribution in [-0.2, 0) is 0 Å². The Morgan fingerprint density at radius 3 is 2.77 bits per heavy atom. The molecule has 166 valence electrons. The van der Waals surface area contributed by atoms with Gasteiger partial charge in [-0.25, -0.2) is 9.50 Å². The van der Waals surface area contributed by atoms with Gasteiger partial charge in [0, 0.05) is 29.4 Å². The molecule has 31 heavy (non-hydrogen) atoms. The minimum atomic E-state index is -0.918. The van der Waals surface area contributed by atoms with E-state index < -0.39 is 6.10 Å². The lowest BCUT2D eigenvalue weighted by atomic mass is 9.91. The Morgan fingerprint density at radius 1 is 1.29 bits per heavy atom. The topological polar surface area (TPSA) is 126 Å². The maximum Gasteiger partial charge on any atom is 0.243 e. The van der Waals surface area contributed by atoms with Crippen LogP contribution in [0.2, 0.25) is 0 Å². The molecule has 0 aliphatic carbocycles. The Hall–Kier alpha value is -2.78. The molecule has 0 aromatic carbocycles. The Balaban J connectivity index is 1.63. The van der Waals surface area contributed by atoms with Crippen LogP contribution in [0.4, 0.5) is 11.8 Å². The number of aliphatic hydroxyl groups excluding tert-OH is 1. The summed E-state index contributed by atoms with van der Waals surface area (Å²) in [6.45, 7) is 8.31. The third-order valence-electron chi connectivity index (χ3n) is 5.97. The second-order valence-electron chi connectivity index (χ2n) is 8.47. The van der Waals surface area contributed by atoms with E-state index in [9.17, 15) is 5.11 Å². The summed E-state index contributed by atoms with van der Waals surface area (Å²) in [6.07, 6.45) is 6.67. The number of nitrogens with two attached hydrogens (primary N) is 1. The van der Waals surface area contributed by atoms with Crippen LogP contribution in [0.25, 0.3) is 5.65 Å². The monoisotopic (exact) mass is 424 g/mol. The minimum Gasteiger partial charge on any atom is -0.382 e. The first-order valence-electron chi connectivity index (χ1n) is 11.1. The number of piperidine rings is 1. The smallest absolute Gasteiger partial charge is 0.243 e. The summed E-state index contributed by atoms with van der Waals surface area (Å²) in [5, 5.41) is 22.3. The number of rotatable bonds is 7. The Bertz CT molecular complexity index is 1040. The predicted molar refractivity (Wildman–Crippen MR) is 121 cm³/mol. The number of hydrogen-bond donors (Lipinski definition) is 4. The molecule has 3 aromatic rings. The molecule has 0 radical (unpaired) electrons. The van der Waals surface area contributed by atoms with Gasteiger partial charge < -0.3 is 21.5 Å². The number of aryl methyl sites for hydroxylation is 1. The molecule has 4 rings (SSSR count). The van der Waals surface area contributed by atoms with E-state index in [2.05, 4.69) is 46.5 Å². The van der Waals surface area contributed by atoms with Crippen molar-refractivity contribution in [1.82, 2.24) is 29.9 Å². The van der Waals surface area contributed by atoms with E-state index in [0.29, 0.717) is 28.8 Å². The Morgan fingerprint density at radius 2 is 2.06 bits per heavy atom. The molecule has 4 heterocycles. The highest BCUT2D eigenvalue weighted by atomic mass is 16.3. The zero-order chi connectivity index (χ0) is 22.0. The highest BCUT2D eigenvalue weighted by Gasteiger charge is 2.23. The predicted octanol–water partition coefficient (Wildman–Crippen LogP) is 2.56. The van der Waals surface area contributed by atoms with Crippen molar-refractivity contribution in [3.63, 3.8) is 0 Å². The summed E-state index contributed by atoms with van der Waals surface area (Å²) in [5.41, 5.74) is 10.0. The van der Waals surface area contributed by atoms with Gasteiger partial charge in [0.25, 0.3) is 0 Å². The lowest BCUT2D eigenvalue weighted by molar-refractivity contribution is 0.212. The lowest BCUT2D eigenvalue weighted by Gasteiger charge is -2.24. The number of anilines is 2. The van der Waals surface area contributed by atoms with Crippen molar-refractivity contribution in [3.05, 3.63) is 41.0 Å². The van der Waals surface area contributed by atoms with E-state index in [0.717, 1.165) is 50.0 Å². The third kappa shape index (κ3) is 4.47. The van der Waals surface area contributed by atoms with Gasteiger partial charge in [-0.2, -0.15) is 4.98 Å². The van der Waals surface area contributed by atoms with Gasteiger partial charge in [0.15, 0.2) is 11.5 Å². The van der Waals surface area contributed by atoms with E-state index in [1.54, 1.807) is 16.9 Å². The summed E-state index contributed by atoms with van der Waals surface area (Å²) in [5.74, 6) is 1.16. The molecule has 2 unspecified atom stereocenters. The first-order chi connectivity index (χ1) is 15.0. The number of fused-ring (bicyclic) bond motifs is 1. The summed E-state index contributed by atoms with van der Waals surface area (Å²) >= 11 is 0. The van der Waals surface area contributed by atoms with Crippen LogP contribution in [0.15, 0.2) is 18.5 Å². The van der Waals surface area contributed by atoms with E-state index >= 15 is 0 Å². The highest BCUT2D eigenvalue weighted by Crippen LogP contribution is 2.29. The highest BCUT2D eigenvalue weighted by molar-refractivity contribution is 5.61. The third-order valence-corrected chi connectivity index (χ3v) is 5.97. The number of aromatic nitrogens is 5. The second-order valence-corrected chi connectivity index (χ2v) is 8.47. The van der Waals surface area contributed by atoms with Crippen LogP contribution in [0.3, 0.4) is 0 Å². The fourth-order valence-electron chi connectivity index (χ4n) is 4.34. The zero-order valence-electron chi connectivity index (χ0n) is 18.5. The van der Waals surface area contributed by atoms with Crippen molar-refractivity contribution in [2.24, 2.45) is 0 Å². The fourth-order valence-corrected chi connectivity index (χ4v) is 4.34. The van der Waals surface area contributed by atoms with E-state index in [1.165, 1.54) is 0 Å². The molecule has 0 saturated carbocycles. The number of imidazole rings is 1. The van der Waals surface area contributed by atoms with Crippen molar-refractivity contribution >= 4 is 17.4 Å². The van der Waals surface area contributed by atoms with Crippen LogP contribution in [0.5, 0.6) is 0 Å². The average Bonchev–Trinajstić information content (AvgIpc) is 3.18. The van der Waals surface area contributed by atoms with Gasteiger partial charge in [-0.3, -0.25) is 4.98 Å². The number of nitrogens with zero attached hydrogens (tertiary/aromatic N) is 5. The minimum absolute atomic E-state index is 0.216. The van der Waals surface area contributed by atoms with Crippen molar-refractivity contribution in [3.8, 4) is 0 Å². The molecule has 0 spiro atoms. The SMILES string of the molecule is CCCC(C)Nc1nc(N)c2ncc(C(O)c3cnc(C4CCNCC4)c(C)c3)n2n1. The molecule has 3 aromatic heterocycles. The van der Waals surface area contributed by atoms with E-state index in [-0.39, 0.29) is 11.9 Å². The van der Waals surface area contributed by atoms with Crippen LogP contribution < -0.4 is 16.4 Å². The van der Waals surface area contributed by atoms with E-state index in [1.807, 2.05) is 6.07 Å². The van der Waals surface area contributed by atoms with Crippen LogP contribution in [0, 0.1) is 6.92 Å². The van der Waals surface area contributed by atoms with E-state index in [4.69, 9.17) is 10.7 Å². The van der Waals surface area contributed by atoms with Crippen molar-refractivity contribution in [2.75, 3.05) is 24.1 Å². The van der Waals surface area contributed by atoms with Gasteiger partial charge in [0.1, 0.15) is 6.10 Å². The second kappa shape index (κ2) is 9.15. The summed E-state index contributed by atoms with van der Waals surface area (Å²) in [7, 11) is 0. The summed E-state index contributed by atoms with van der Waals surface area (Å²) in [6, 6.07) is 2.23. The standard InChI is InChI=1S/C22H32N8O/c1-4-5-14(3)27-22-28-20(23)21-26-12-17(30(21)29-22)19(31)16-10-13(2)18(25-11-16)15-6-8-24-9-7-15/h10-12,14-15,19,24,31H,4-9H2,1-3H3,(H3,23,27,28,29). The van der Waals surface area contributed by atoms with Crippen LogP contribution >= 0.6 is 0 Å². The van der Waals surface area contributed by atoms with Gasteiger partial charge in [0.05, 0.1) is 11.9 Å². The van der Waals surface area contributed by atoms with Gasteiger partial charge in [-0.15, -0.1) is 5.10 Å². The normalized spacial score (nSPS) is 17.0. The number of nitrogen functional groups attached to an aromatic ring is 1.